The fourth-order valence-electron chi connectivity index (χ4n) is 3.71. The molecule has 0 unspecified atom stereocenters. The minimum atomic E-state index is -1.06. The molecule has 1 atom stereocenters. The van der Waals surface area contributed by atoms with E-state index in [1.165, 1.54) is 23.6 Å². The van der Waals surface area contributed by atoms with Crippen LogP contribution in [0, 0.1) is 27.7 Å². The first-order valence-electron chi connectivity index (χ1n) is 10.6. The average molecular weight is 423 g/mol. The van der Waals surface area contributed by atoms with E-state index in [1.54, 1.807) is 6.92 Å². The van der Waals surface area contributed by atoms with Crippen LogP contribution in [0.1, 0.15) is 55.5 Å². The minimum absolute atomic E-state index is 0.374. The van der Waals surface area contributed by atoms with Crippen LogP contribution in [0.5, 0.6) is 0 Å². The lowest BCUT2D eigenvalue weighted by Gasteiger charge is -2.20. The van der Waals surface area contributed by atoms with E-state index in [0.717, 1.165) is 27.9 Å². The second-order valence-electron chi connectivity index (χ2n) is 8.53. The number of carbonyl (C=O) groups is 2. The predicted octanol–water partition coefficient (Wildman–Crippen LogP) is 5.40. The molecule has 0 saturated carbocycles. The summed E-state index contributed by atoms with van der Waals surface area (Å²) in [5.74, 6) is -1.43. The summed E-state index contributed by atoms with van der Waals surface area (Å²) < 4.78 is 0. The molecule has 0 aliphatic heterocycles. The lowest BCUT2D eigenvalue weighted by molar-refractivity contribution is -0.140. The monoisotopic (exact) mass is 422 g/mol. The molecular formula is C26H34N2O3. The molecule has 0 fully saturated rings. The van der Waals surface area contributed by atoms with Gasteiger partial charge >= 0.3 is 5.97 Å². The lowest BCUT2D eigenvalue weighted by Crippen LogP contribution is -2.38. The molecular weight excluding hydrogens is 388 g/mol. The molecule has 31 heavy (non-hydrogen) atoms. The number of hydrogen-bond acceptors (Lipinski definition) is 3. The second-order valence-corrected chi connectivity index (χ2v) is 8.53. The number of carbonyl (C=O) groups excluding carboxylic acids is 1. The van der Waals surface area contributed by atoms with Crippen molar-refractivity contribution in [1.29, 1.82) is 0 Å². The maximum absolute atomic E-state index is 12.4. The summed E-state index contributed by atoms with van der Waals surface area (Å²) in [6, 6.07) is 7.93. The Morgan fingerprint density at radius 1 is 0.903 bits per heavy atom. The summed E-state index contributed by atoms with van der Waals surface area (Å²) in [5.41, 5.74) is 9.53. The van der Waals surface area contributed by atoms with Gasteiger partial charge in [-0.15, -0.1) is 0 Å². The highest BCUT2D eigenvalue weighted by Crippen LogP contribution is 2.35. The van der Waals surface area contributed by atoms with Gasteiger partial charge in [-0.2, -0.15) is 0 Å². The number of hydrogen-bond donors (Lipinski definition) is 3. The molecule has 0 aromatic heterocycles. The predicted molar refractivity (Wildman–Crippen MR) is 128 cm³/mol. The molecule has 0 radical (unpaired) electrons. The van der Waals surface area contributed by atoms with E-state index in [9.17, 15) is 9.59 Å². The maximum Gasteiger partial charge on any atom is 0.325 e. The first kappa shape index (κ1) is 24.2. The van der Waals surface area contributed by atoms with Crippen LogP contribution in [-0.4, -0.2) is 29.1 Å². The molecule has 5 heteroatoms. The molecule has 2 aromatic rings. The quantitative estimate of drug-likeness (QED) is 0.522. The molecule has 2 aromatic carbocycles. The average Bonchev–Trinajstić information content (AvgIpc) is 2.70. The second kappa shape index (κ2) is 9.82. The summed E-state index contributed by atoms with van der Waals surface area (Å²) in [6.45, 7) is 15.7. The fourth-order valence-corrected chi connectivity index (χ4v) is 3.71. The van der Waals surface area contributed by atoms with Crippen molar-refractivity contribution in [1.82, 2.24) is 5.32 Å². The zero-order valence-electron chi connectivity index (χ0n) is 19.8. The zero-order chi connectivity index (χ0) is 23.5. The van der Waals surface area contributed by atoms with Crippen LogP contribution >= 0.6 is 0 Å². The van der Waals surface area contributed by atoms with Gasteiger partial charge in [-0.3, -0.25) is 9.59 Å². The molecule has 0 heterocycles. The van der Waals surface area contributed by atoms with Crippen LogP contribution < -0.4 is 10.6 Å². The van der Waals surface area contributed by atoms with Crippen LogP contribution in [0.4, 0.5) is 5.69 Å². The van der Waals surface area contributed by atoms with E-state index in [0.29, 0.717) is 11.6 Å². The van der Waals surface area contributed by atoms with Gasteiger partial charge in [-0.05, 0) is 113 Å². The first-order valence-corrected chi connectivity index (χ1v) is 10.6. The number of amides is 1. The van der Waals surface area contributed by atoms with Crippen LogP contribution in [0.15, 0.2) is 29.8 Å². The van der Waals surface area contributed by atoms with Crippen LogP contribution in [0.3, 0.4) is 0 Å². The van der Waals surface area contributed by atoms with Gasteiger partial charge in [0.2, 0.25) is 5.91 Å². The van der Waals surface area contributed by atoms with E-state index >= 15 is 0 Å². The van der Waals surface area contributed by atoms with Crippen molar-refractivity contribution >= 4 is 23.6 Å². The van der Waals surface area contributed by atoms with Gasteiger partial charge in [-0.25, -0.2) is 0 Å². The summed E-state index contributed by atoms with van der Waals surface area (Å²) in [4.78, 5) is 23.4. The molecule has 0 aliphatic rings. The Hall–Kier alpha value is -3.08. The summed E-state index contributed by atoms with van der Waals surface area (Å²) >= 11 is 0. The molecule has 1 amide bonds. The molecule has 166 valence electrons. The highest BCUT2D eigenvalue weighted by atomic mass is 16.4. The van der Waals surface area contributed by atoms with Gasteiger partial charge < -0.3 is 15.7 Å². The van der Waals surface area contributed by atoms with Crippen LogP contribution in [0.2, 0.25) is 0 Å². The maximum atomic E-state index is 12.4. The SMILES string of the molecule is C/C(=C\c1c(C)c(C)c(-c2ccc(NC(C)C)cc2)c(C)c1C)C(=O)N[C@H](C)C(=O)O. The molecule has 0 saturated heterocycles. The minimum Gasteiger partial charge on any atom is -0.480 e. The molecule has 3 N–H and O–H groups in total. The van der Waals surface area contributed by atoms with Gasteiger partial charge in [0, 0.05) is 17.3 Å². The van der Waals surface area contributed by atoms with E-state index in [-0.39, 0.29) is 5.91 Å². The van der Waals surface area contributed by atoms with Gasteiger partial charge in [0.25, 0.3) is 0 Å². The fraction of sp³-hybridized carbons (Fsp3) is 0.385. The number of benzene rings is 2. The number of carboxylic acid groups (broad SMARTS) is 1. The Balaban J connectivity index is 2.46. The summed E-state index contributed by atoms with van der Waals surface area (Å²) in [5, 5.41) is 14.9. The Kier molecular flexibility index (Phi) is 7.66. The molecule has 2 rings (SSSR count). The summed E-state index contributed by atoms with van der Waals surface area (Å²) in [7, 11) is 0. The van der Waals surface area contributed by atoms with Crippen molar-refractivity contribution in [3.05, 3.63) is 57.7 Å². The molecule has 0 aliphatic carbocycles. The Morgan fingerprint density at radius 3 is 1.87 bits per heavy atom. The van der Waals surface area contributed by atoms with Crippen molar-refractivity contribution in [2.24, 2.45) is 0 Å². The smallest absolute Gasteiger partial charge is 0.325 e. The Bertz CT molecular complexity index is 989. The van der Waals surface area contributed by atoms with Gasteiger partial charge in [0.05, 0.1) is 0 Å². The standard InChI is InChI=1S/C26H34N2O3/c1-14(2)27-22-11-9-21(10-12-22)24-18(6)16(4)23(17(5)19(24)7)13-15(3)25(29)28-20(8)26(30)31/h9-14,20,27H,1-8H3,(H,28,29)(H,30,31)/b15-13+/t20-/m1/s1. The van der Waals surface area contributed by atoms with Crippen molar-refractivity contribution in [3.8, 4) is 11.1 Å². The topological polar surface area (TPSA) is 78.4 Å². The molecule has 0 bridgehead atoms. The lowest BCUT2D eigenvalue weighted by atomic mass is 9.85. The molecule has 0 spiro atoms. The number of aliphatic carboxylic acids is 1. The van der Waals surface area contributed by atoms with Crippen LogP contribution in [-0.2, 0) is 9.59 Å². The third kappa shape index (κ3) is 5.54. The number of anilines is 1. The van der Waals surface area contributed by atoms with E-state index in [2.05, 4.69) is 76.4 Å². The van der Waals surface area contributed by atoms with E-state index < -0.39 is 12.0 Å². The van der Waals surface area contributed by atoms with Crippen molar-refractivity contribution in [3.63, 3.8) is 0 Å². The van der Waals surface area contributed by atoms with E-state index in [4.69, 9.17) is 5.11 Å². The molecule has 5 nitrogen and oxygen atoms in total. The van der Waals surface area contributed by atoms with Crippen molar-refractivity contribution < 1.29 is 14.7 Å². The first-order chi connectivity index (χ1) is 14.4. The zero-order valence-corrected chi connectivity index (χ0v) is 19.8. The highest BCUT2D eigenvalue weighted by molar-refractivity contribution is 5.99. The van der Waals surface area contributed by atoms with Gasteiger partial charge in [0.15, 0.2) is 0 Å². The third-order valence-corrected chi connectivity index (χ3v) is 5.75. The highest BCUT2D eigenvalue weighted by Gasteiger charge is 2.18. The summed E-state index contributed by atoms with van der Waals surface area (Å²) in [6.07, 6.45) is 1.86. The largest absolute Gasteiger partial charge is 0.480 e. The van der Waals surface area contributed by atoms with Crippen LogP contribution in [0.25, 0.3) is 17.2 Å². The number of rotatable bonds is 7. The van der Waals surface area contributed by atoms with Crippen molar-refractivity contribution in [2.45, 2.75) is 67.5 Å². The van der Waals surface area contributed by atoms with Gasteiger partial charge in [0.1, 0.15) is 6.04 Å². The Morgan fingerprint density at radius 2 is 1.42 bits per heavy atom. The van der Waals surface area contributed by atoms with Crippen molar-refractivity contribution in [2.75, 3.05) is 5.32 Å². The van der Waals surface area contributed by atoms with E-state index in [1.807, 2.05) is 6.08 Å². The third-order valence-electron chi connectivity index (χ3n) is 5.75. The van der Waals surface area contributed by atoms with Gasteiger partial charge in [-0.1, -0.05) is 12.1 Å². The Labute approximate surface area is 185 Å². The number of carboxylic acids is 1. The number of nitrogens with one attached hydrogen (secondary N) is 2. The normalized spacial score (nSPS) is 12.6.